The second-order valence-electron chi connectivity index (χ2n) is 5.74. The van der Waals surface area contributed by atoms with Crippen LogP contribution in [0.4, 0.5) is 0 Å². The van der Waals surface area contributed by atoms with Gasteiger partial charge in [0.2, 0.25) is 5.91 Å². The van der Waals surface area contributed by atoms with Gasteiger partial charge < -0.3 is 15.2 Å². The molecule has 0 aliphatic carbocycles. The van der Waals surface area contributed by atoms with E-state index in [1.165, 1.54) is 0 Å². The van der Waals surface area contributed by atoms with E-state index >= 15 is 0 Å². The molecule has 5 nitrogen and oxygen atoms in total. The molecule has 0 saturated carbocycles. The highest BCUT2D eigenvalue weighted by Crippen LogP contribution is 2.20. The number of carbonyl (C=O) groups is 2. The molecule has 2 aromatic carbocycles. The van der Waals surface area contributed by atoms with E-state index in [0.29, 0.717) is 13.0 Å². The fourth-order valence-corrected chi connectivity index (χ4v) is 2.94. The monoisotopic (exact) mass is 313 g/mol. The van der Waals surface area contributed by atoms with Gasteiger partial charge in [-0.05, 0) is 29.2 Å². The Balaban J connectivity index is 1.78. The van der Waals surface area contributed by atoms with Crippen LogP contribution < -0.4 is 5.32 Å². The molecule has 0 aromatic heterocycles. The molecule has 1 amide bonds. The fourth-order valence-electron chi connectivity index (χ4n) is 2.94. The van der Waals surface area contributed by atoms with E-state index in [1.807, 2.05) is 42.5 Å². The zero-order valence-corrected chi connectivity index (χ0v) is 12.7. The third-order valence-electron chi connectivity index (χ3n) is 4.14. The number of aliphatic carboxylic acids is 1. The third kappa shape index (κ3) is 3.51. The van der Waals surface area contributed by atoms with E-state index in [9.17, 15) is 14.7 Å². The van der Waals surface area contributed by atoms with E-state index in [-0.39, 0.29) is 12.3 Å². The minimum atomic E-state index is -1.04. The van der Waals surface area contributed by atoms with Gasteiger partial charge >= 0.3 is 5.97 Å². The summed E-state index contributed by atoms with van der Waals surface area (Å²) in [5, 5.41) is 14.1. The van der Waals surface area contributed by atoms with Gasteiger partial charge in [-0.2, -0.15) is 0 Å². The predicted octanol–water partition coefficient (Wildman–Crippen LogP) is 2.13. The van der Waals surface area contributed by atoms with E-state index in [1.54, 1.807) is 0 Å². The summed E-state index contributed by atoms with van der Waals surface area (Å²) in [5.41, 5.74) is 0.906. The van der Waals surface area contributed by atoms with Crippen molar-refractivity contribution in [3.8, 4) is 0 Å². The number of benzene rings is 2. The topological polar surface area (TPSA) is 75.6 Å². The van der Waals surface area contributed by atoms with Crippen molar-refractivity contribution in [1.29, 1.82) is 0 Å². The van der Waals surface area contributed by atoms with Crippen LogP contribution in [0.5, 0.6) is 0 Å². The summed E-state index contributed by atoms with van der Waals surface area (Å²) in [4.78, 5) is 23.6. The molecule has 2 atom stereocenters. The Morgan fingerprint density at radius 1 is 1.22 bits per heavy atom. The second kappa shape index (κ2) is 6.79. The Bertz CT molecular complexity index is 717. The molecule has 2 N–H and O–H groups in total. The average molecular weight is 313 g/mol. The number of rotatable bonds is 5. The summed E-state index contributed by atoms with van der Waals surface area (Å²) in [6.07, 6.45) is 1.20. The minimum Gasteiger partial charge on any atom is -0.480 e. The fraction of sp³-hybridized carbons (Fsp3) is 0.333. The molecule has 1 aliphatic rings. The number of carbonyl (C=O) groups excluding carboxylic acids is 1. The second-order valence-corrected chi connectivity index (χ2v) is 5.74. The van der Waals surface area contributed by atoms with Crippen molar-refractivity contribution in [2.75, 3.05) is 6.61 Å². The SMILES string of the molecule is O=C(O)C(Cc1cccc2ccccc12)NC(=O)[C@@H]1CCCO1. The molecule has 2 aromatic rings. The van der Waals surface area contributed by atoms with E-state index < -0.39 is 18.1 Å². The molecule has 1 fully saturated rings. The average Bonchev–Trinajstić information content (AvgIpc) is 3.09. The van der Waals surface area contributed by atoms with Crippen LogP contribution in [-0.4, -0.2) is 35.7 Å². The summed E-state index contributed by atoms with van der Waals surface area (Å²) in [6.45, 7) is 0.555. The molecule has 120 valence electrons. The normalized spacial score (nSPS) is 18.7. The summed E-state index contributed by atoms with van der Waals surface area (Å²) in [7, 11) is 0. The summed E-state index contributed by atoms with van der Waals surface area (Å²) < 4.78 is 5.31. The number of hydrogen-bond acceptors (Lipinski definition) is 3. The Morgan fingerprint density at radius 2 is 2.00 bits per heavy atom. The van der Waals surface area contributed by atoms with E-state index in [0.717, 1.165) is 22.8 Å². The smallest absolute Gasteiger partial charge is 0.326 e. The molecule has 0 radical (unpaired) electrons. The van der Waals surface area contributed by atoms with Crippen LogP contribution in [0.2, 0.25) is 0 Å². The lowest BCUT2D eigenvalue weighted by Crippen LogP contribution is -2.46. The van der Waals surface area contributed by atoms with Gasteiger partial charge in [-0.1, -0.05) is 42.5 Å². The zero-order chi connectivity index (χ0) is 16.2. The number of carboxylic acids is 1. The van der Waals surface area contributed by atoms with Crippen LogP contribution >= 0.6 is 0 Å². The highest BCUT2D eigenvalue weighted by molar-refractivity contribution is 5.89. The van der Waals surface area contributed by atoms with Crippen molar-refractivity contribution in [1.82, 2.24) is 5.32 Å². The largest absolute Gasteiger partial charge is 0.480 e. The van der Waals surface area contributed by atoms with Crippen LogP contribution in [0.25, 0.3) is 10.8 Å². The summed E-state index contributed by atoms with van der Waals surface area (Å²) in [6, 6.07) is 12.6. The van der Waals surface area contributed by atoms with Crippen molar-refractivity contribution in [2.45, 2.75) is 31.4 Å². The molecule has 1 unspecified atom stereocenters. The third-order valence-corrected chi connectivity index (χ3v) is 4.14. The van der Waals surface area contributed by atoms with Crippen LogP contribution in [0.15, 0.2) is 42.5 Å². The van der Waals surface area contributed by atoms with Crippen molar-refractivity contribution in [3.63, 3.8) is 0 Å². The number of amides is 1. The van der Waals surface area contributed by atoms with Crippen molar-refractivity contribution in [2.24, 2.45) is 0 Å². The summed E-state index contributed by atoms with van der Waals surface area (Å²) >= 11 is 0. The first-order valence-corrected chi connectivity index (χ1v) is 7.76. The first-order valence-electron chi connectivity index (χ1n) is 7.76. The molecule has 1 aliphatic heterocycles. The van der Waals surface area contributed by atoms with Crippen molar-refractivity contribution >= 4 is 22.6 Å². The lowest BCUT2D eigenvalue weighted by molar-refractivity contribution is -0.143. The Hall–Kier alpha value is -2.40. The maximum atomic E-state index is 12.1. The number of fused-ring (bicyclic) bond motifs is 1. The molecule has 1 saturated heterocycles. The minimum absolute atomic E-state index is 0.245. The van der Waals surface area contributed by atoms with Gasteiger partial charge in [-0.3, -0.25) is 4.79 Å². The van der Waals surface area contributed by atoms with Crippen LogP contribution in [0, 0.1) is 0 Å². The number of carboxylic acid groups (broad SMARTS) is 1. The van der Waals surface area contributed by atoms with Crippen LogP contribution in [-0.2, 0) is 20.7 Å². The lowest BCUT2D eigenvalue weighted by Gasteiger charge is -2.18. The van der Waals surface area contributed by atoms with Gasteiger partial charge in [-0.15, -0.1) is 0 Å². The molecule has 5 heteroatoms. The van der Waals surface area contributed by atoms with Gasteiger partial charge in [0.05, 0.1) is 0 Å². The Morgan fingerprint density at radius 3 is 2.74 bits per heavy atom. The number of nitrogens with one attached hydrogen (secondary N) is 1. The Kier molecular flexibility index (Phi) is 4.57. The zero-order valence-electron chi connectivity index (χ0n) is 12.7. The standard InChI is InChI=1S/C18H19NO4/c20-17(16-9-4-10-23-16)19-15(18(21)22)11-13-7-3-6-12-5-1-2-8-14(12)13/h1-3,5-8,15-16H,4,9-11H2,(H,19,20)(H,21,22)/t15?,16-/m0/s1. The van der Waals surface area contributed by atoms with Gasteiger partial charge in [0.15, 0.2) is 0 Å². The highest BCUT2D eigenvalue weighted by atomic mass is 16.5. The molecular formula is C18H19NO4. The number of hydrogen-bond donors (Lipinski definition) is 2. The van der Waals surface area contributed by atoms with Crippen LogP contribution in [0.3, 0.4) is 0 Å². The number of ether oxygens (including phenoxy) is 1. The Labute approximate surface area is 134 Å². The van der Waals surface area contributed by atoms with E-state index in [4.69, 9.17) is 4.74 Å². The maximum Gasteiger partial charge on any atom is 0.326 e. The molecule has 0 bridgehead atoms. The highest BCUT2D eigenvalue weighted by Gasteiger charge is 2.28. The molecule has 0 spiro atoms. The maximum absolute atomic E-state index is 12.1. The molecule has 1 heterocycles. The predicted molar refractivity (Wildman–Crippen MR) is 86.2 cm³/mol. The first kappa shape index (κ1) is 15.5. The van der Waals surface area contributed by atoms with Gasteiger partial charge in [0.25, 0.3) is 0 Å². The van der Waals surface area contributed by atoms with Gasteiger partial charge in [0.1, 0.15) is 12.1 Å². The summed E-state index contributed by atoms with van der Waals surface area (Å²) in [5.74, 6) is -1.38. The van der Waals surface area contributed by atoms with Crippen LogP contribution in [0.1, 0.15) is 18.4 Å². The van der Waals surface area contributed by atoms with Gasteiger partial charge in [-0.25, -0.2) is 4.79 Å². The van der Waals surface area contributed by atoms with Gasteiger partial charge in [0, 0.05) is 13.0 Å². The first-order chi connectivity index (χ1) is 11.1. The van der Waals surface area contributed by atoms with Crippen molar-refractivity contribution < 1.29 is 19.4 Å². The molecule has 23 heavy (non-hydrogen) atoms. The lowest BCUT2D eigenvalue weighted by atomic mass is 9.98. The molecule has 3 rings (SSSR count). The van der Waals surface area contributed by atoms with Crippen molar-refractivity contribution in [3.05, 3.63) is 48.0 Å². The quantitative estimate of drug-likeness (QED) is 0.886. The molecular weight excluding hydrogens is 294 g/mol. The van der Waals surface area contributed by atoms with E-state index in [2.05, 4.69) is 5.32 Å².